The van der Waals surface area contributed by atoms with E-state index in [0.717, 1.165) is 22.9 Å². The average Bonchev–Trinajstić information content (AvgIpc) is 3.13. The van der Waals surface area contributed by atoms with Crippen molar-refractivity contribution in [1.82, 2.24) is 14.8 Å². The molecular formula is C22H20N4O8S. The van der Waals surface area contributed by atoms with E-state index in [1.165, 1.54) is 25.3 Å². The fraction of sp³-hybridized carbons (Fsp3) is 0.273. The van der Waals surface area contributed by atoms with Crippen molar-refractivity contribution in [3.8, 4) is 17.4 Å². The molecule has 0 spiro atoms. The van der Waals surface area contributed by atoms with Gasteiger partial charge in [-0.05, 0) is 35.5 Å². The standard InChI is InChI=1S/C22H20N4O8S/c1-32-17-10-14(2-4-16(17)34-19-5-3-15(12-23-19)26(30)31)11-18-21(28)25(22(29)35-18)13-20(27)24-6-8-33-9-7-24/h2-5,10-12H,6-9,13H2,1H3/b18-11-. The Hall–Kier alpha value is -3.97. The number of nitro groups is 1. The number of hydrogen-bond acceptors (Lipinski definition) is 10. The van der Waals surface area contributed by atoms with Gasteiger partial charge in [-0.15, -0.1) is 0 Å². The third-order valence-electron chi connectivity index (χ3n) is 5.16. The summed E-state index contributed by atoms with van der Waals surface area (Å²) >= 11 is 0.755. The summed E-state index contributed by atoms with van der Waals surface area (Å²) in [6, 6.07) is 7.46. The number of nitrogens with zero attached hydrogens (tertiary/aromatic N) is 4. The molecule has 2 aliphatic rings. The van der Waals surface area contributed by atoms with Crippen molar-refractivity contribution in [2.45, 2.75) is 0 Å². The fourth-order valence-electron chi connectivity index (χ4n) is 3.35. The highest BCUT2D eigenvalue weighted by molar-refractivity contribution is 8.18. The number of ether oxygens (including phenoxy) is 3. The monoisotopic (exact) mass is 500 g/mol. The molecule has 4 rings (SSSR count). The number of amides is 3. The zero-order valence-electron chi connectivity index (χ0n) is 18.5. The molecule has 2 fully saturated rings. The maximum absolute atomic E-state index is 12.8. The van der Waals surface area contributed by atoms with Crippen LogP contribution in [0.15, 0.2) is 41.4 Å². The number of rotatable bonds is 7. The summed E-state index contributed by atoms with van der Waals surface area (Å²) < 4.78 is 16.2. The lowest BCUT2D eigenvalue weighted by Gasteiger charge is -2.28. The lowest BCUT2D eigenvalue weighted by atomic mass is 10.2. The molecule has 0 bridgehead atoms. The van der Waals surface area contributed by atoms with Crippen LogP contribution in [-0.2, 0) is 14.3 Å². The number of carbonyl (C=O) groups excluding carboxylic acids is 3. The lowest BCUT2D eigenvalue weighted by Crippen LogP contribution is -2.46. The van der Waals surface area contributed by atoms with Gasteiger partial charge in [0.15, 0.2) is 11.5 Å². The normalized spacial score (nSPS) is 17.1. The number of methoxy groups -OCH3 is 1. The maximum atomic E-state index is 12.8. The van der Waals surface area contributed by atoms with Gasteiger partial charge in [0.25, 0.3) is 16.8 Å². The van der Waals surface area contributed by atoms with Gasteiger partial charge in [-0.25, -0.2) is 4.98 Å². The van der Waals surface area contributed by atoms with E-state index in [-0.39, 0.29) is 28.9 Å². The van der Waals surface area contributed by atoms with Gasteiger partial charge in [0.2, 0.25) is 11.8 Å². The molecule has 2 aliphatic heterocycles. The van der Waals surface area contributed by atoms with Gasteiger partial charge in [0.05, 0.1) is 30.2 Å². The quantitative estimate of drug-likeness (QED) is 0.316. The second-order valence-corrected chi connectivity index (χ2v) is 8.38. The third kappa shape index (κ3) is 5.58. The molecule has 2 aromatic rings. The Labute approximate surface area is 203 Å². The highest BCUT2D eigenvalue weighted by Gasteiger charge is 2.37. The van der Waals surface area contributed by atoms with Gasteiger partial charge >= 0.3 is 0 Å². The largest absolute Gasteiger partial charge is 0.493 e. The van der Waals surface area contributed by atoms with Gasteiger partial charge in [0, 0.05) is 25.2 Å². The van der Waals surface area contributed by atoms with Crippen molar-refractivity contribution in [2.75, 3.05) is 40.0 Å². The Balaban J connectivity index is 1.46. The first-order chi connectivity index (χ1) is 16.9. The predicted molar refractivity (Wildman–Crippen MR) is 124 cm³/mol. The van der Waals surface area contributed by atoms with E-state index in [1.807, 2.05) is 0 Å². The molecule has 1 aromatic carbocycles. The van der Waals surface area contributed by atoms with E-state index in [4.69, 9.17) is 14.2 Å². The Kier molecular flexibility index (Phi) is 7.27. The van der Waals surface area contributed by atoms with Gasteiger partial charge in [-0.3, -0.25) is 29.4 Å². The van der Waals surface area contributed by atoms with Crippen LogP contribution in [0.2, 0.25) is 0 Å². The van der Waals surface area contributed by atoms with Crippen LogP contribution in [0.1, 0.15) is 5.56 Å². The van der Waals surface area contributed by atoms with Crippen molar-refractivity contribution in [1.29, 1.82) is 0 Å². The minimum Gasteiger partial charge on any atom is -0.493 e. The molecule has 12 nitrogen and oxygen atoms in total. The summed E-state index contributed by atoms with van der Waals surface area (Å²) in [5, 5.41) is 10.3. The van der Waals surface area contributed by atoms with Crippen molar-refractivity contribution in [2.24, 2.45) is 0 Å². The smallest absolute Gasteiger partial charge is 0.294 e. The number of thioether (sulfide) groups is 1. The first kappa shape index (κ1) is 24.2. The molecule has 3 amide bonds. The Morgan fingerprint density at radius 3 is 2.66 bits per heavy atom. The van der Waals surface area contributed by atoms with Crippen molar-refractivity contribution >= 4 is 40.6 Å². The number of benzene rings is 1. The molecule has 0 aliphatic carbocycles. The number of hydrogen-bond donors (Lipinski definition) is 0. The second kappa shape index (κ2) is 10.5. The van der Waals surface area contributed by atoms with Gasteiger partial charge in [0.1, 0.15) is 12.7 Å². The summed E-state index contributed by atoms with van der Waals surface area (Å²) in [7, 11) is 1.43. The number of imide groups is 1. The highest BCUT2D eigenvalue weighted by Crippen LogP contribution is 2.36. The van der Waals surface area contributed by atoms with Crippen LogP contribution in [0.5, 0.6) is 17.4 Å². The minimum atomic E-state index is -0.563. The minimum absolute atomic E-state index is 0.132. The maximum Gasteiger partial charge on any atom is 0.294 e. The van der Waals surface area contributed by atoms with Crippen molar-refractivity contribution in [3.63, 3.8) is 0 Å². The van der Waals surface area contributed by atoms with Crippen LogP contribution in [0.4, 0.5) is 10.5 Å². The zero-order chi connectivity index (χ0) is 24.9. The summed E-state index contributed by atoms with van der Waals surface area (Å²) in [6.45, 7) is 1.38. The summed E-state index contributed by atoms with van der Waals surface area (Å²) in [4.78, 5) is 54.4. The molecule has 35 heavy (non-hydrogen) atoms. The van der Waals surface area contributed by atoms with Gasteiger partial charge in [-0.1, -0.05) is 6.07 Å². The first-order valence-corrected chi connectivity index (χ1v) is 11.2. The Bertz CT molecular complexity index is 1190. The van der Waals surface area contributed by atoms with E-state index < -0.39 is 16.1 Å². The SMILES string of the molecule is COc1cc(/C=C2\SC(=O)N(CC(=O)N3CCOCC3)C2=O)ccc1Oc1ccc([N+](=O)[O-])cn1. The fourth-order valence-corrected chi connectivity index (χ4v) is 4.19. The van der Waals surface area contributed by atoms with E-state index >= 15 is 0 Å². The van der Waals surface area contributed by atoms with Crippen LogP contribution in [0.25, 0.3) is 6.08 Å². The number of morpholine rings is 1. The Morgan fingerprint density at radius 1 is 1.23 bits per heavy atom. The summed E-state index contributed by atoms with van der Waals surface area (Å²) in [5.74, 6) is -0.0978. The molecule has 0 atom stereocenters. The van der Waals surface area contributed by atoms with Crippen molar-refractivity contribution in [3.05, 3.63) is 57.1 Å². The molecule has 3 heterocycles. The lowest BCUT2D eigenvalue weighted by molar-refractivity contribution is -0.385. The van der Waals surface area contributed by atoms with Crippen LogP contribution in [0.3, 0.4) is 0 Å². The van der Waals surface area contributed by atoms with Crippen LogP contribution >= 0.6 is 11.8 Å². The van der Waals surface area contributed by atoms with E-state index in [1.54, 1.807) is 23.1 Å². The van der Waals surface area contributed by atoms with Crippen LogP contribution < -0.4 is 9.47 Å². The molecule has 182 valence electrons. The zero-order valence-corrected chi connectivity index (χ0v) is 19.4. The third-order valence-corrected chi connectivity index (χ3v) is 6.07. The average molecular weight is 500 g/mol. The first-order valence-electron chi connectivity index (χ1n) is 10.4. The number of carbonyl (C=O) groups is 3. The molecule has 0 saturated carbocycles. The Morgan fingerprint density at radius 2 is 2.00 bits per heavy atom. The molecule has 1 aromatic heterocycles. The molecule has 0 unspecified atom stereocenters. The molecule has 0 radical (unpaired) electrons. The number of pyridine rings is 1. The second-order valence-electron chi connectivity index (χ2n) is 7.39. The van der Waals surface area contributed by atoms with Crippen LogP contribution in [0, 0.1) is 10.1 Å². The summed E-state index contributed by atoms with van der Waals surface area (Å²) in [5.41, 5.74) is 0.399. The van der Waals surface area contributed by atoms with Gasteiger partial charge < -0.3 is 19.1 Å². The molecule has 0 N–H and O–H groups in total. The highest BCUT2D eigenvalue weighted by atomic mass is 32.2. The molecule has 2 saturated heterocycles. The predicted octanol–water partition coefficient (Wildman–Crippen LogP) is 2.69. The van der Waals surface area contributed by atoms with Crippen LogP contribution in [-0.4, -0.2) is 76.7 Å². The topological polar surface area (TPSA) is 141 Å². The molecule has 13 heteroatoms. The van der Waals surface area contributed by atoms with Gasteiger partial charge in [-0.2, -0.15) is 0 Å². The molecular weight excluding hydrogens is 480 g/mol. The van der Waals surface area contributed by atoms with Crippen molar-refractivity contribution < 1.29 is 33.5 Å². The van der Waals surface area contributed by atoms with E-state index in [0.29, 0.717) is 43.4 Å². The number of aromatic nitrogens is 1. The van der Waals surface area contributed by atoms with E-state index in [2.05, 4.69) is 4.98 Å². The summed E-state index contributed by atoms with van der Waals surface area (Å²) in [6.07, 6.45) is 2.61. The van der Waals surface area contributed by atoms with E-state index in [9.17, 15) is 24.5 Å².